The van der Waals surface area contributed by atoms with Crippen molar-refractivity contribution < 1.29 is 4.74 Å². The van der Waals surface area contributed by atoms with E-state index in [-0.39, 0.29) is 5.54 Å². The molecule has 0 aromatic rings. The van der Waals surface area contributed by atoms with Gasteiger partial charge >= 0.3 is 0 Å². The molecule has 14 heavy (non-hydrogen) atoms. The van der Waals surface area contributed by atoms with Crippen LogP contribution in [0.15, 0.2) is 0 Å². The molecule has 1 aliphatic rings. The van der Waals surface area contributed by atoms with Crippen LogP contribution in [-0.2, 0) is 4.74 Å². The molecule has 0 aliphatic heterocycles. The lowest BCUT2D eigenvalue weighted by Crippen LogP contribution is -2.46. The molecule has 2 heteroatoms. The topological polar surface area (TPSA) is 35.2 Å². The van der Waals surface area contributed by atoms with Crippen molar-refractivity contribution in [2.45, 2.75) is 51.0 Å². The first-order valence-electron chi connectivity index (χ1n) is 5.53. The Morgan fingerprint density at radius 3 is 2.64 bits per heavy atom. The van der Waals surface area contributed by atoms with Crippen molar-refractivity contribution in [3.05, 3.63) is 0 Å². The molecule has 1 saturated carbocycles. The minimum Gasteiger partial charge on any atom is -0.379 e. The van der Waals surface area contributed by atoms with E-state index in [4.69, 9.17) is 10.5 Å². The van der Waals surface area contributed by atoms with E-state index in [9.17, 15) is 0 Å². The second-order valence-corrected chi connectivity index (χ2v) is 4.15. The van der Waals surface area contributed by atoms with Gasteiger partial charge in [0.1, 0.15) is 0 Å². The van der Waals surface area contributed by atoms with E-state index in [0.29, 0.717) is 6.61 Å². The summed E-state index contributed by atoms with van der Waals surface area (Å²) < 4.78 is 5.55. The largest absolute Gasteiger partial charge is 0.379 e. The molecule has 1 aliphatic carbocycles. The SMILES string of the molecule is CC#CCCOCC1(N)CCCCC1. The number of hydrogen-bond acceptors (Lipinski definition) is 2. The van der Waals surface area contributed by atoms with Crippen molar-refractivity contribution >= 4 is 0 Å². The Kier molecular flexibility index (Phi) is 5.00. The van der Waals surface area contributed by atoms with E-state index in [1.165, 1.54) is 19.3 Å². The normalized spacial score (nSPS) is 19.9. The summed E-state index contributed by atoms with van der Waals surface area (Å²) >= 11 is 0. The van der Waals surface area contributed by atoms with Crippen molar-refractivity contribution in [1.29, 1.82) is 0 Å². The first-order chi connectivity index (χ1) is 6.77. The summed E-state index contributed by atoms with van der Waals surface area (Å²) in [6.07, 6.45) is 6.91. The quantitative estimate of drug-likeness (QED) is 0.550. The van der Waals surface area contributed by atoms with Gasteiger partial charge in [-0.05, 0) is 19.8 Å². The zero-order valence-corrected chi connectivity index (χ0v) is 9.14. The predicted octanol–water partition coefficient (Wildman–Crippen LogP) is 2.08. The van der Waals surface area contributed by atoms with Crippen LogP contribution >= 0.6 is 0 Å². The molecule has 0 amide bonds. The van der Waals surface area contributed by atoms with Crippen molar-refractivity contribution in [1.82, 2.24) is 0 Å². The molecule has 0 bridgehead atoms. The molecule has 0 aromatic carbocycles. The molecular formula is C12H21NO. The number of ether oxygens (including phenoxy) is 1. The fourth-order valence-corrected chi connectivity index (χ4v) is 1.92. The van der Waals surface area contributed by atoms with Gasteiger partial charge in [0, 0.05) is 12.0 Å². The fourth-order valence-electron chi connectivity index (χ4n) is 1.92. The van der Waals surface area contributed by atoms with Gasteiger partial charge < -0.3 is 10.5 Å². The van der Waals surface area contributed by atoms with Crippen LogP contribution in [0.25, 0.3) is 0 Å². The van der Waals surface area contributed by atoms with E-state index < -0.39 is 0 Å². The molecule has 0 radical (unpaired) electrons. The smallest absolute Gasteiger partial charge is 0.0646 e. The Hall–Kier alpha value is -0.520. The average molecular weight is 195 g/mol. The summed E-state index contributed by atoms with van der Waals surface area (Å²) in [7, 11) is 0. The molecule has 0 spiro atoms. The third-order valence-electron chi connectivity index (χ3n) is 2.79. The Morgan fingerprint density at radius 2 is 2.00 bits per heavy atom. The lowest BCUT2D eigenvalue weighted by molar-refractivity contribution is 0.0715. The second-order valence-electron chi connectivity index (χ2n) is 4.15. The van der Waals surface area contributed by atoms with Crippen LogP contribution in [0.2, 0.25) is 0 Å². The summed E-state index contributed by atoms with van der Waals surface area (Å²) in [5.41, 5.74) is 6.17. The van der Waals surface area contributed by atoms with Gasteiger partial charge in [0.25, 0.3) is 0 Å². The fraction of sp³-hybridized carbons (Fsp3) is 0.833. The van der Waals surface area contributed by atoms with Crippen molar-refractivity contribution in [2.24, 2.45) is 5.73 Å². The summed E-state index contributed by atoms with van der Waals surface area (Å²) in [5, 5.41) is 0. The van der Waals surface area contributed by atoms with Gasteiger partial charge in [0.15, 0.2) is 0 Å². The van der Waals surface area contributed by atoms with Gasteiger partial charge in [-0.15, -0.1) is 11.8 Å². The highest BCUT2D eigenvalue weighted by molar-refractivity contribution is 4.94. The van der Waals surface area contributed by atoms with E-state index in [1.54, 1.807) is 0 Å². The van der Waals surface area contributed by atoms with Crippen molar-refractivity contribution in [3.8, 4) is 11.8 Å². The minimum absolute atomic E-state index is 0.0438. The first kappa shape index (κ1) is 11.6. The highest BCUT2D eigenvalue weighted by Crippen LogP contribution is 2.25. The van der Waals surface area contributed by atoms with Crippen LogP contribution in [-0.4, -0.2) is 18.8 Å². The van der Waals surface area contributed by atoms with E-state index >= 15 is 0 Å². The number of nitrogens with two attached hydrogens (primary N) is 1. The Balaban J connectivity index is 2.11. The van der Waals surface area contributed by atoms with E-state index in [1.807, 2.05) is 6.92 Å². The third kappa shape index (κ3) is 4.13. The van der Waals surface area contributed by atoms with Gasteiger partial charge in [0.2, 0.25) is 0 Å². The van der Waals surface area contributed by atoms with Crippen LogP contribution in [0.3, 0.4) is 0 Å². The van der Waals surface area contributed by atoms with Crippen molar-refractivity contribution in [2.75, 3.05) is 13.2 Å². The zero-order valence-electron chi connectivity index (χ0n) is 9.14. The molecule has 0 saturated heterocycles. The summed E-state index contributed by atoms with van der Waals surface area (Å²) in [4.78, 5) is 0. The molecule has 0 heterocycles. The van der Waals surface area contributed by atoms with Crippen molar-refractivity contribution in [3.63, 3.8) is 0 Å². The van der Waals surface area contributed by atoms with E-state index in [2.05, 4.69) is 11.8 Å². The maximum Gasteiger partial charge on any atom is 0.0646 e. The average Bonchev–Trinajstić information content (AvgIpc) is 2.18. The summed E-state index contributed by atoms with van der Waals surface area (Å²) in [5.74, 6) is 5.84. The van der Waals surface area contributed by atoms with Gasteiger partial charge in [-0.2, -0.15) is 0 Å². The molecule has 2 nitrogen and oxygen atoms in total. The van der Waals surface area contributed by atoms with Gasteiger partial charge in [-0.3, -0.25) is 0 Å². The van der Waals surface area contributed by atoms with Crippen LogP contribution in [0.1, 0.15) is 45.4 Å². The Bertz CT molecular complexity index is 208. The zero-order chi connectivity index (χ0) is 10.3. The van der Waals surface area contributed by atoms with Crippen LogP contribution < -0.4 is 5.73 Å². The summed E-state index contributed by atoms with van der Waals surface area (Å²) in [6, 6.07) is 0. The highest BCUT2D eigenvalue weighted by Gasteiger charge is 2.27. The number of rotatable bonds is 4. The second kappa shape index (κ2) is 6.06. The van der Waals surface area contributed by atoms with Crippen LogP contribution in [0.5, 0.6) is 0 Å². The van der Waals surface area contributed by atoms with Gasteiger partial charge in [-0.1, -0.05) is 19.3 Å². The molecular weight excluding hydrogens is 174 g/mol. The molecule has 2 N–H and O–H groups in total. The van der Waals surface area contributed by atoms with E-state index in [0.717, 1.165) is 25.9 Å². The maximum atomic E-state index is 6.21. The third-order valence-corrected chi connectivity index (χ3v) is 2.79. The highest BCUT2D eigenvalue weighted by atomic mass is 16.5. The summed E-state index contributed by atoms with van der Waals surface area (Å²) in [6.45, 7) is 3.28. The Morgan fingerprint density at radius 1 is 1.29 bits per heavy atom. The van der Waals surface area contributed by atoms with Gasteiger partial charge in [-0.25, -0.2) is 0 Å². The van der Waals surface area contributed by atoms with Crippen LogP contribution in [0, 0.1) is 11.8 Å². The maximum absolute atomic E-state index is 6.21. The minimum atomic E-state index is -0.0438. The molecule has 0 unspecified atom stereocenters. The lowest BCUT2D eigenvalue weighted by atomic mass is 9.83. The standard InChI is InChI=1S/C12H21NO/c1-2-3-7-10-14-11-12(13)8-5-4-6-9-12/h4-11,13H2,1H3. The Labute approximate surface area is 87.2 Å². The molecule has 0 atom stereocenters. The lowest BCUT2D eigenvalue weighted by Gasteiger charge is -2.32. The molecule has 80 valence electrons. The number of hydrogen-bond donors (Lipinski definition) is 1. The monoisotopic (exact) mass is 195 g/mol. The predicted molar refractivity (Wildman–Crippen MR) is 58.9 cm³/mol. The molecule has 1 fully saturated rings. The molecule has 0 aromatic heterocycles. The van der Waals surface area contributed by atoms with Gasteiger partial charge in [0.05, 0.1) is 13.2 Å². The van der Waals surface area contributed by atoms with Crippen LogP contribution in [0.4, 0.5) is 0 Å². The first-order valence-corrected chi connectivity index (χ1v) is 5.53. The molecule has 1 rings (SSSR count).